The second-order valence-electron chi connectivity index (χ2n) is 4.13. The summed E-state index contributed by atoms with van der Waals surface area (Å²) in [4.78, 5) is 15.2. The van der Waals surface area contributed by atoms with Crippen LogP contribution in [0.25, 0.3) is 0 Å². The summed E-state index contributed by atoms with van der Waals surface area (Å²) in [6.45, 7) is 1.84. The number of aromatic nitrogens is 1. The van der Waals surface area contributed by atoms with Crippen LogP contribution >= 0.6 is 0 Å². The van der Waals surface area contributed by atoms with Gasteiger partial charge in [0.1, 0.15) is 0 Å². The third-order valence-electron chi connectivity index (χ3n) is 2.65. The van der Waals surface area contributed by atoms with Crippen molar-refractivity contribution in [3.05, 3.63) is 48.2 Å². The van der Waals surface area contributed by atoms with Crippen LogP contribution in [0.3, 0.4) is 0 Å². The Morgan fingerprint density at radius 3 is 2.65 bits per heavy atom. The molecule has 0 fully saturated rings. The number of pyridine rings is 1. The molecule has 0 saturated carbocycles. The number of carbonyl (C=O) groups is 1. The van der Waals surface area contributed by atoms with E-state index in [-0.39, 0.29) is 5.91 Å². The van der Waals surface area contributed by atoms with Crippen molar-refractivity contribution < 1.29 is 14.3 Å². The van der Waals surface area contributed by atoms with E-state index in [0.29, 0.717) is 23.9 Å². The average Bonchev–Trinajstić information content (AvgIpc) is 2.47. The summed E-state index contributed by atoms with van der Waals surface area (Å²) in [7, 11) is 1.58. The first-order chi connectivity index (χ1) is 9.70. The van der Waals surface area contributed by atoms with E-state index in [9.17, 15) is 4.79 Å². The zero-order valence-electron chi connectivity index (χ0n) is 11.4. The number of benzene rings is 1. The fraction of sp³-hybridized carbons (Fsp3) is 0.200. The van der Waals surface area contributed by atoms with Gasteiger partial charge >= 0.3 is 0 Å². The average molecular weight is 272 g/mol. The maximum Gasteiger partial charge on any atom is 0.224 e. The molecule has 104 valence electrons. The third kappa shape index (κ3) is 3.47. The molecule has 0 spiro atoms. The van der Waals surface area contributed by atoms with Crippen LogP contribution < -0.4 is 14.8 Å². The van der Waals surface area contributed by atoms with Gasteiger partial charge in [-0.15, -0.1) is 0 Å². The fourth-order valence-electron chi connectivity index (χ4n) is 1.68. The molecule has 1 aromatic carbocycles. The van der Waals surface area contributed by atoms with Gasteiger partial charge in [-0.1, -0.05) is 18.2 Å². The molecule has 0 bridgehead atoms. The van der Waals surface area contributed by atoms with Crippen LogP contribution in [0.4, 0.5) is 0 Å². The van der Waals surface area contributed by atoms with E-state index in [1.54, 1.807) is 25.4 Å². The molecule has 5 nitrogen and oxygen atoms in total. The highest BCUT2D eigenvalue weighted by Crippen LogP contribution is 2.31. The lowest BCUT2D eigenvalue weighted by atomic mass is 10.2. The molecule has 1 N–H and O–H groups in total. The van der Waals surface area contributed by atoms with Crippen molar-refractivity contribution in [2.24, 2.45) is 0 Å². The van der Waals surface area contributed by atoms with E-state index in [4.69, 9.17) is 9.47 Å². The summed E-state index contributed by atoms with van der Waals surface area (Å²) in [6.07, 6.45) is 1.64. The van der Waals surface area contributed by atoms with Crippen molar-refractivity contribution in [1.29, 1.82) is 0 Å². The number of para-hydroxylation sites is 2. The monoisotopic (exact) mass is 272 g/mol. The third-order valence-corrected chi connectivity index (χ3v) is 2.65. The fourth-order valence-corrected chi connectivity index (χ4v) is 1.68. The van der Waals surface area contributed by atoms with Crippen molar-refractivity contribution in [3.8, 4) is 17.4 Å². The Balaban J connectivity index is 2.22. The van der Waals surface area contributed by atoms with E-state index in [0.717, 1.165) is 5.56 Å². The van der Waals surface area contributed by atoms with Crippen molar-refractivity contribution in [2.75, 3.05) is 7.11 Å². The van der Waals surface area contributed by atoms with Gasteiger partial charge in [-0.25, -0.2) is 4.98 Å². The highest BCUT2D eigenvalue weighted by atomic mass is 16.5. The molecule has 1 aromatic heterocycles. The Hall–Kier alpha value is -2.56. The van der Waals surface area contributed by atoms with Crippen LogP contribution in [0.15, 0.2) is 42.6 Å². The second-order valence-corrected chi connectivity index (χ2v) is 4.13. The predicted octanol–water partition coefficient (Wildman–Crippen LogP) is 2.52. The molecule has 0 aliphatic rings. The number of carbonyl (C=O) groups excluding carboxylic acids is 1. The Morgan fingerprint density at radius 1 is 1.20 bits per heavy atom. The van der Waals surface area contributed by atoms with Gasteiger partial charge in [0.05, 0.1) is 7.11 Å². The van der Waals surface area contributed by atoms with E-state index in [2.05, 4.69) is 10.3 Å². The summed E-state index contributed by atoms with van der Waals surface area (Å²) in [5.41, 5.74) is 0.800. The predicted molar refractivity (Wildman–Crippen MR) is 74.8 cm³/mol. The SMILES string of the molecule is COc1ccccc1Oc1ncccc1CNC(C)=O. The summed E-state index contributed by atoms with van der Waals surface area (Å²) in [5.74, 6) is 1.56. The standard InChI is InChI=1S/C15H16N2O3/c1-11(18)17-10-12-6-5-9-16-15(12)20-14-8-4-3-7-13(14)19-2/h3-9H,10H2,1-2H3,(H,17,18). The first-order valence-corrected chi connectivity index (χ1v) is 6.20. The molecular formula is C15H16N2O3. The normalized spacial score (nSPS) is 9.90. The molecule has 0 radical (unpaired) electrons. The van der Waals surface area contributed by atoms with Crippen LogP contribution in [0, 0.1) is 0 Å². The number of rotatable bonds is 5. The van der Waals surface area contributed by atoms with E-state index in [1.807, 2.05) is 24.3 Å². The lowest BCUT2D eigenvalue weighted by Gasteiger charge is -2.12. The number of amides is 1. The van der Waals surface area contributed by atoms with Gasteiger partial charge in [0.15, 0.2) is 11.5 Å². The van der Waals surface area contributed by atoms with Gasteiger partial charge in [0.2, 0.25) is 11.8 Å². The molecule has 2 rings (SSSR count). The summed E-state index contributed by atoms with van der Waals surface area (Å²) in [6, 6.07) is 11.0. The van der Waals surface area contributed by atoms with Gasteiger partial charge < -0.3 is 14.8 Å². The number of ether oxygens (including phenoxy) is 2. The second kappa shape index (κ2) is 6.56. The van der Waals surface area contributed by atoms with Gasteiger partial charge in [0, 0.05) is 25.2 Å². The van der Waals surface area contributed by atoms with Crippen LogP contribution in [0.1, 0.15) is 12.5 Å². The van der Waals surface area contributed by atoms with Gasteiger partial charge in [-0.05, 0) is 18.2 Å². The lowest BCUT2D eigenvalue weighted by molar-refractivity contribution is -0.119. The molecular weight excluding hydrogens is 256 g/mol. The molecule has 0 unspecified atom stereocenters. The zero-order chi connectivity index (χ0) is 14.4. The van der Waals surface area contributed by atoms with Gasteiger partial charge in [-0.3, -0.25) is 4.79 Å². The minimum absolute atomic E-state index is 0.0999. The Bertz CT molecular complexity index is 599. The molecule has 5 heteroatoms. The highest BCUT2D eigenvalue weighted by molar-refractivity contribution is 5.72. The quantitative estimate of drug-likeness (QED) is 0.908. The minimum atomic E-state index is -0.0999. The molecule has 1 heterocycles. The number of hydrogen-bond acceptors (Lipinski definition) is 4. The van der Waals surface area contributed by atoms with E-state index >= 15 is 0 Å². The number of methoxy groups -OCH3 is 1. The van der Waals surface area contributed by atoms with Crippen molar-refractivity contribution in [3.63, 3.8) is 0 Å². The Labute approximate surface area is 117 Å². The van der Waals surface area contributed by atoms with E-state index < -0.39 is 0 Å². The van der Waals surface area contributed by atoms with Crippen molar-refractivity contribution in [2.45, 2.75) is 13.5 Å². The van der Waals surface area contributed by atoms with Crippen LogP contribution in [0.5, 0.6) is 17.4 Å². The molecule has 0 aliphatic carbocycles. The van der Waals surface area contributed by atoms with E-state index in [1.165, 1.54) is 6.92 Å². The Kier molecular flexibility index (Phi) is 4.55. The maximum absolute atomic E-state index is 11.0. The van der Waals surface area contributed by atoms with Crippen LogP contribution in [-0.4, -0.2) is 18.0 Å². The largest absolute Gasteiger partial charge is 0.493 e. The van der Waals surface area contributed by atoms with Crippen LogP contribution in [-0.2, 0) is 11.3 Å². The topological polar surface area (TPSA) is 60.5 Å². The molecule has 0 aliphatic heterocycles. The minimum Gasteiger partial charge on any atom is -0.493 e. The summed E-state index contributed by atoms with van der Waals surface area (Å²) < 4.78 is 11.0. The van der Waals surface area contributed by atoms with Gasteiger partial charge in [0.25, 0.3) is 0 Å². The van der Waals surface area contributed by atoms with Crippen LogP contribution in [0.2, 0.25) is 0 Å². The number of hydrogen-bond donors (Lipinski definition) is 1. The highest BCUT2D eigenvalue weighted by Gasteiger charge is 2.09. The Morgan fingerprint density at radius 2 is 1.95 bits per heavy atom. The van der Waals surface area contributed by atoms with Gasteiger partial charge in [-0.2, -0.15) is 0 Å². The molecule has 1 amide bonds. The summed E-state index contributed by atoms with van der Waals surface area (Å²) in [5, 5.41) is 2.73. The number of nitrogens with one attached hydrogen (secondary N) is 1. The smallest absolute Gasteiger partial charge is 0.224 e. The molecule has 2 aromatic rings. The number of nitrogens with zero attached hydrogens (tertiary/aromatic N) is 1. The van der Waals surface area contributed by atoms with Crippen molar-refractivity contribution in [1.82, 2.24) is 10.3 Å². The first-order valence-electron chi connectivity index (χ1n) is 6.20. The molecule has 0 atom stereocenters. The van der Waals surface area contributed by atoms with Crippen molar-refractivity contribution >= 4 is 5.91 Å². The molecule has 20 heavy (non-hydrogen) atoms. The zero-order valence-corrected chi connectivity index (χ0v) is 11.4. The maximum atomic E-state index is 11.0. The molecule has 0 saturated heterocycles. The summed E-state index contributed by atoms with van der Waals surface area (Å²) >= 11 is 0. The first kappa shape index (κ1) is 13.9. The lowest BCUT2D eigenvalue weighted by Crippen LogP contribution is -2.19.